The van der Waals surface area contributed by atoms with Gasteiger partial charge in [0.1, 0.15) is 0 Å². The predicted molar refractivity (Wildman–Crippen MR) is 98.5 cm³/mol. The number of likely N-dealkylation sites (tertiary alicyclic amines) is 1. The van der Waals surface area contributed by atoms with Gasteiger partial charge >= 0.3 is 0 Å². The van der Waals surface area contributed by atoms with Gasteiger partial charge in [-0.2, -0.15) is 0 Å². The van der Waals surface area contributed by atoms with Crippen molar-refractivity contribution in [3.63, 3.8) is 0 Å². The molecule has 0 amide bonds. The van der Waals surface area contributed by atoms with Gasteiger partial charge in [0.05, 0.1) is 12.7 Å². The molecular weight excluding hydrogens is 333 g/mol. The van der Waals surface area contributed by atoms with Crippen molar-refractivity contribution >= 4 is 24.8 Å². The molecule has 1 saturated heterocycles. The SMILES string of the molecule is CNC1CCCN(Cc2ncc(-c3ccc(C)cc3)o2)C1.Cl.Cl. The number of halogens is 2. The quantitative estimate of drug-likeness (QED) is 0.905. The molecule has 1 aromatic carbocycles. The summed E-state index contributed by atoms with van der Waals surface area (Å²) in [6.45, 7) is 5.08. The standard InChI is InChI=1S/C17H23N3O.2ClH/c1-13-5-7-14(8-6-13)16-10-19-17(21-16)12-20-9-3-4-15(11-20)18-2;;/h5-8,10,15,18H,3-4,9,11-12H2,1-2H3;2*1H. The van der Waals surface area contributed by atoms with E-state index in [-0.39, 0.29) is 24.8 Å². The molecule has 0 aliphatic carbocycles. The van der Waals surface area contributed by atoms with E-state index in [9.17, 15) is 0 Å². The van der Waals surface area contributed by atoms with Gasteiger partial charge in [0.2, 0.25) is 5.89 Å². The lowest BCUT2D eigenvalue weighted by Gasteiger charge is -2.31. The Hall–Kier alpha value is -1.07. The fraction of sp³-hybridized carbons (Fsp3) is 0.471. The molecule has 1 aromatic heterocycles. The molecule has 1 aliphatic heterocycles. The van der Waals surface area contributed by atoms with E-state index >= 15 is 0 Å². The summed E-state index contributed by atoms with van der Waals surface area (Å²) in [6.07, 6.45) is 4.32. The summed E-state index contributed by atoms with van der Waals surface area (Å²) in [4.78, 5) is 6.84. The fourth-order valence-electron chi connectivity index (χ4n) is 2.86. The van der Waals surface area contributed by atoms with Crippen LogP contribution in [0.3, 0.4) is 0 Å². The number of rotatable bonds is 4. The third-order valence-corrected chi connectivity index (χ3v) is 4.16. The first-order valence-corrected chi connectivity index (χ1v) is 7.66. The van der Waals surface area contributed by atoms with Crippen LogP contribution in [-0.4, -0.2) is 36.1 Å². The van der Waals surface area contributed by atoms with Crippen LogP contribution in [0.1, 0.15) is 24.3 Å². The number of aryl methyl sites for hydroxylation is 1. The first-order chi connectivity index (χ1) is 10.2. The second-order valence-corrected chi connectivity index (χ2v) is 5.85. The van der Waals surface area contributed by atoms with Gasteiger partial charge in [-0.25, -0.2) is 4.98 Å². The van der Waals surface area contributed by atoms with E-state index in [2.05, 4.69) is 46.4 Å². The molecule has 23 heavy (non-hydrogen) atoms. The van der Waals surface area contributed by atoms with Gasteiger partial charge in [-0.05, 0) is 33.4 Å². The number of hydrogen-bond donors (Lipinski definition) is 1. The highest BCUT2D eigenvalue weighted by atomic mass is 35.5. The molecule has 1 N–H and O–H groups in total. The maximum atomic E-state index is 5.91. The number of nitrogens with zero attached hydrogens (tertiary/aromatic N) is 2. The zero-order chi connectivity index (χ0) is 14.7. The van der Waals surface area contributed by atoms with E-state index in [1.807, 2.05) is 13.2 Å². The molecule has 6 heteroatoms. The second-order valence-electron chi connectivity index (χ2n) is 5.85. The molecular formula is C17H25Cl2N3O. The topological polar surface area (TPSA) is 41.3 Å². The summed E-state index contributed by atoms with van der Waals surface area (Å²) in [5.41, 5.74) is 2.34. The Bertz CT molecular complexity index is 586. The Morgan fingerprint density at radius 1 is 1.26 bits per heavy atom. The molecule has 4 nitrogen and oxygen atoms in total. The second kappa shape index (κ2) is 9.28. The van der Waals surface area contributed by atoms with E-state index in [0.717, 1.165) is 36.8 Å². The molecule has 0 saturated carbocycles. The molecule has 0 spiro atoms. The number of oxazole rings is 1. The smallest absolute Gasteiger partial charge is 0.209 e. The van der Waals surface area contributed by atoms with E-state index in [1.165, 1.54) is 18.4 Å². The van der Waals surface area contributed by atoms with Crippen LogP contribution in [-0.2, 0) is 6.54 Å². The Labute approximate surface area is 150 Å². The van der Waals surface area contributed by atoms with Crippen molar-refractivity contribution in [2.45, 2.75) is 32.4 Å². The van der Waals surface area contributed by atoms with Gasteiger partial charge < -0.3 is 9.73 Å². The van der Waals surface area contributed by atoms with Crippen LogP contribution in [0.4, 0.5) is 0 Å². The number of likely N-dealkylation sites (N-methyl/N-ethyl adjacent to an activating group) is 1. The Balaban J connectivity index is 0.00000132. The Kier molecular flexibility index (Phi) is 8.06. The van der Waals surface area contributed by atoms with Crippen LogP contribution in [0.5, 0.6) is 0 Å². The van der Waals surface area contributed by atoms with Gasteiger partial charge in [0.15, 0.2) is 5.76 Å². The molecule has 128 valence electrons. The first-order valence-electron chi connectivity index (χ1n) is 7.66. The van der Waals surface area contributed by atoms with Crippen molar-refractivity contribution in [1.82, 2.24) is 15.2 Å². The van der Waals surface area contributed by atoms with Crippen molar-refractivity contribution in [2.24, 2.45) is 0 Å². The molecule has 1 fully saturated rings. The molecule has 0 radical (unpaired) electrons. The average Bonchev–Trinajstić information content (AvgIpc) is 2.96. The third kappa shape index (κ3) is 5.21. The minimum Gasteiger partial charge on any atom is -0.439 e. The number of nitrogens with one attached hydrogen (secondary N) is 1. The molecule has 3 rings (SSSR count). The summed E-state index contributed by atoms with van der Waals surface area (Å²) in [5, 5.41) is 3.36. The zero-order valence-corrected chi connectivity index (χ0v) is 15.3. The average molecular weight is 358 g/mol. The normalized spacial score (nSPS) is 18.1. The van der Waals surface area contributed by atoms with Crippen molar-refractivity contribution in [3.05, 3.63) is 41.9 Å². The maximum absolute atomic E-state index is 5.91. The lowest BCUT2D eigenvalue weighted by atomic mass is 10.1. The monoisotopic (exact) mass is 357 g/mol. The van der Waals surface area contributed by atoms with Gasteiger partial charge in [0, 0.05) is 18.2 Å². The van der Waals surface area contributed by atoms with Crippen LogP contribution >= 0.6 is 24.8 Å². The molecule has 0 bridgehead atoms. The number of piperidine rings is 1. The highest BCUT2D eigenvalue weighted by molar-refractivity contribution is 5.85. The van der Waals surface area contributed by atoms with Crippen LogP contribution in [0.15, 0.2) is 34.9 Å². The van der Waals surface area contributed by atoms with Crippen LogP contribution in [0, 0.1) is 6.92 Å². The van der Waals surface area contributed by atoms with Crippen molar-refractivity contribution in [1.29, 1.82) is 0 Å². The number of hydrogen-bond acceptors (Lipinski definition) is 4. The van der Waals surface area contributed by atoms with Crippen LogP contribution < -0.4 is 5.32 Å². The lowest BCUT2D eigenvalue weighted by Crippen LogP contribution is -2.43. The summed E-state index contributed by atoms with van der Waals surface area (Å²) >= 11 is 0. The molecule has 1 aliphatic rings. The lowest BCUT2D eigenvalue weighted by molar-refractivity contribution is 0.173. The Morgan fingerprint density at radius 2 is 2.00 bits per heavy atom. The predicted octanol–water partition coefficient (Wildman–Crippen LogP) is 3.68. The molecule has 2 heterocycles. The minimum absolute atomic E-state index is 0. The van der Waals surface area contributed by atoms with E-state index in [0.29, 0.717) is 6.04 Å². The van der Waals surface area contributed by atoms with Gasteiger partial charge in [-0.1, -0.05) is 29.8 Å². The van der Waals surface area contributed by atoms with Crippen molar-refractivity contribution in [3.8, 4) is 11.3 Å². The highest BCUT2D eigenvalue weighted by Crippen LogP contribution is 2.22. The van der Waals surface area contributed by atoms with Crippen molar-refractivity contribution < 1.29 is 4.42 Å². The zero-order valence-electron chi connectivity index (χ0n) is 13.6. The van der Waals surface area contributed by atoms with Crippen LogP contribution in [0.25, 0.3) is 11.3 Å². The first kappa shape index (κ1) is 20.0. The maximum Gasteiger partial charge on any atom is 0.209 e. The number of aromatic nitrogens is 1. The van der Waals surface area contributed by atoms with E-state index in [4.69, 9.17) is 4.42 Å². The fourth-order valence-corrected chi connectivity index (χ4v) is 2.86. The highest BCUT2D eigenvalue weighted by Gasteiger charge is 2.20. The summed E-state index contributed by atoms with van der Waals surface area (Å²) in [7, 11) is 2.04. The minimum atomic E-state index is 0. The van der Waals surface area contributed by atoms with Crippen molar-refractivity contribution in [2.75, 3.05) is 20.1 Å². The molecule has 1 unspecified atom stereocenters. The van der Waals surface area contributed by atoms with Gasteiger partial charge in [-0.3, -0.25) is 4.90 Å². The molecule has 1 atom stereocenters. The van der Waals surface area contributed by atoms with Gasteiger partial charge in [0.25, 0.3) is 0 Å². The van der Waals surface area contributed by atoms with E-state index in [1.54, 1.807) is 0 Å². The summed E-state index contributed by atoms with van der Waals surface area (Å²) in [6, 6.07) is 8.94. The summed E-state index contributed by atoms with van der Waals surface area (Å²) < 4.78 is 5.91. The van der Waals surface area contributed by atoms with Gasteiger partial charge in [-0.15, -0.1) is 24.8 Å². The van der Waals surface area contributed by atoms with E-state index < -0.39 is 0 Å². The Morgan fingerprint density at radius 3 is 2.70 bits per heavy atom. The molecule has 2 aromatic rings. The summed E-state index contributed by atoms with van der Waals surface area (Å²) in [5.74, 6) is 1.66. The number of benzene rings is 1. The third-order valence-electron chi connectivity index (χ3n) is 4.16. The van der Waals surface area contributed by atoms with Crippen LogP contribution in [0.2, 0.25) is 0 Å². The largest absolute Gasteiger partial charge is 0.439 e.